The second kappa shape index (κ2) is 6.89. The molecular weight excluding hydrogens is 333 g/mol. The summed E-state index contributed by atoms with van der Waals surface area (Å²) in [7, 11) is 0. The number of alkyl halides is 3. The quantitative estimate of drug-likeness (QED) is 0.598. The average Bonchev–Trinajstić information content (AvgIpc) is 2.30. The third-order valence-electron chi connectivity index (χ3n) is 1.98. The Morgan fingerprint density at radius 2 is 2.17 bits per heavy atom. The third kappa shape index (κ3) is 3.81. The fourth-order valence-corrected chi connectivity index (χ4v) is 2.00. The van der Waals surface area contributed by atoms with E-state index in [-0.39, 0.29) is 28.3 Å². The van der Waals surface area contributed by atoms with E-state index >= 15 is 0 Å². The highest BCUT2D eigenvalue weighted by atomic mass is 79.9. The number of carbonyl (C=O) groups excluding carboxylic acids is 1. The molecule has 7 heteroatoms. The number of rotatable bonds is 5. The van der Waals surface area contributed by atoms with Gasteiger partial charge in [0.1, 0.15) is 11.3 Å². The van der Waals surface area contributed by atoms with Crippen molar-refractivity contribution >= 4 is 33.5 Å². The summed E-state index contributed by atoms with van der Waals surface area (Å²) < 4.78 is 33.8. The fourth-order valence-electron chi connectivity index (χ4n) is 1.34. The van der Waals surface area contributed by atoms with Gasteiger partial charge in [-0.2, -0.15) is 8.78 Å². The van der Waals surface area contributed by atoms with E-state index in [9.17, 15) is 13.6 Å². The van der Waals surface area contributed by atoms with Crippen LogP contribution in [0.1, 0.15) is 22.8 Å². The van der Waals surface area contributed by atoms with Crippen molar-refractivity contribution < 1.29 is 23.0 Å². The Bertz CT molecular complexity index is 441. The minimum absolute atomic E-state index is 0.112. The van der Waals surface area contributed by atoms with E-state index in [4.69, 9.17) is 16.3 Å². The summed E-state index contributed by atoms with van der Waals surface area (Å²) in [4.78, 5) is 11.6. The van der Waals surface area contributed by atoms with Crippen LogP contribution in [0, 0.1) is 0 Å². The Morgan fingerprint density at radius 3 is 2.67 bits per heavy atom. The Morgan fingerprint density at radius 1 is 1.50 bits per heavy atom. The molecule has 0 aliphatic carbocycles. The second-order valence-electron chi connectivity index (χ2n) is 3.17. The van der Waals surface area contributed by atoms with Crippen molar-refractivity contribution in [2.24, 2.45) is 0 Å². The highest BCUT2D eigenvalue weighted by Crippen LogP contribution is 2.32. The molecule has 3 nitrogen and oxygen atoms in total. The number of halogens is 4. The van der Waals surface area contributed by atoms with Crippen LogP contribution < -0.4 is 4.74 Å². The van der Waals surface area contributed by atoms with Gasteiger partial charge in [-0.25, -0.2) is 4.79 Å². The van der Waals surface area contributed by atoms with E-state index in [1.165, 1.54) is 12.1 Å². The monoisotopic (exact) mass is 342 g/mol. The van der Waals surface area contributed by atoms with Gasteiger partial charge in [0.25, 0.3) is 0 Å². The van der Waals surface area contributed by atoms with Gasteiger partial charge in [-0.15, -0.1) is 0 Å². The van der Waals surface area contributed by atoms with Gasteiger partial charge in [0.2, 0.25) is 0 Å². The average molecular weight is 344 g/mol. The first-order valence-electron chi connectivity index (χ1n) is 4.99. The van der Waals surface area contributed by atoms with Gasteiger partial charge in [-0.3, -0.25) is 0 Å². The first kappa shape index (κ1) is 15.2. The SMILES string of the molecule is CCOC(=O)c1cc(Cl)cc(CBr)c1OC(F)F. The number of ether oxygens (including phenoxy) is 2. The number of hydrogen-bond donors (Lipinski definition) is 0. The zero-order valence-electron chi connectivity index (χ0n) is 9.38. The topological polar surface area (TPSA) is 35.5 Å². The molecule has 18 heavy (non-hydrogen) atoms. The largest absolute Gasteiger partial charge is 0.462 e. The predicted octanol–water partition coefficient (Wildman–Crippen LogP) is 4.01. The van der Waals surface area contributed by atoms with Crippen molar-refractivity contribution in [2.45, 2.75) is 18.9 Å². The minimum Gasteiger partial charge on any atom is -0.462 e. The maximum absolute atomic E-state index is 12.3. The number of benzene rings is 1. The second-order valence-corrected chi connectivity index (χ2v) is 4.17. The lowest BCUT2D eigenvalue weighted by Crippen LogP contribution is -2.12. The van der Waals surface area contributed by atoms with Crippen LogP contribution in [0.15, 0.2) is 12.1 Å². The molecule has 0 unspecified atom stereocenters. The highest BCUT2D eigenvalue weighted by Gasteiger charge is 2.21. The van der Waals surface area contributed by atoms with Gasteiger partial charge in [0.05, 0.1) is 6.61 Å². The zero-order valence-corrected chi connectivity index (χ0v) is 11.7. The van der Waals surface area contributed by atoms with Crippen molar-refractivity contribution in [1.82, 2.24) is 0 Å². The van der Waals surface area contributed by atoms with Crippen LogP contribution in [0.4, 0.5) is 8.78 Å². The van der Waals surface area contributed by atoms with E-state index in [1.54, 1.807) is 6.92 Å². The molecule has 1 aromatic rings. The molecule has 0 bridgehead atoms. The van der Waals surface area contributed by atoms with E-state index < -0.39 is 12.6 Å². The smallest absolute Gasteiger partial charge is 0.387 e. The van der Waals surface area contributed by atoms with E-state index in [2.05, 4.69) is 20.7 Å². The van der Waals surface area contributed by atoms with Gasteiger partial charge in [0, 0.05) is 15.9 Å². The maximum atomic E-state index is 12.3. The molecule has 0 saturated heterocycles. The summed E-state index contributed by atoms with van der Waals surface area (Å²) in [5.74, 6) is -0.970. The molecule has 0 spiro atoms. The molecule has 100 valence electrons. The molecule has 0 atom stereocenters. The van der Waals surface area contributed by atoms with E-state index in [0.29, 0.717) is 5.56 Å². The number of carbonyl (C=O) groups is 1. The van der Waals surface area contributed by atoms with Gasteiger partial charge in [-0.05, 0) is 19.1 Å². The molecule has 0 aromatic heterocycles. The Balaban J connectivity index is 3.27. The predicted molar refractivity (Wildman–Crippen MR) is 66.7 cm³/mol. The number of hydrogen-bond acceptors (Lipinski definition) is 3. The van der Waals surface area contributed by atoms with Crippen LogP contribution in [0.25, 0.3) is 0 Å². The summed E-state index contributed by atoms with van der Waals surface area (Å²) in [5.41, 5.74) is 0.241. The standard InChI is InChI=1S/C11H10BrClF2O3/c1-2-17-10(16)8-4-7(13)3-6(5-12)9(8)18-11(14)15/h3-4,11H,2,5H2,1H3. The normalized spacial score (nSPS) is 10.6. The van der Waals surface area contributed by atoms with Crippen molar-refractivity contribution in [3.63, 3.8) is 0 Å². The van der Waals surface area contributed by atoms with E-state index in [0.717, 1.165) is 0 Å². The van der Waals surface area contributed by atoms with Crippen molar-refractivity contribution in [2.75, 3.05) is 6.61 Å². The van der Waals surface area contributed by atoms with Crippen LogP contribution >= 0.6 is 27.5 Å². The molecule has 0 aliphatic heterocycles. The van der Waals surface area contributed by atoms with Gasteiger partial charge in [0.15, 0.2) is 0 Å². The maximum Gasteiger partial charge on any atom is 0.387 e. The van der Waals surface area contributed by atoms with Gasteiger partial charge < -0.3 is 9.47 Å². The van der Waals surface area contributed by atoms with Crippen LogP contribution in [0.2, 0.25) is 5.02 Å². The molecule has 0 heterocycles. The first-order chi connectivity index (χ1) is 8.49. The molecule has 0 N–H and O–H groups in total. The van der Waals surface area contributed by atoms with Gasteiger partial charge >= 0.3 is 12.6 Å². The molecule has 0 saturated carbocycles. The summed E-state index contributed by atoms with van der Waals surface area (Å²) in [6.45, 7) is -1.29. The van der Waals surface area contributed by atoms with Crippen molar-refractivity contribution in [3.05, 3.63) is 28.3 Å². The van der Waals surface area contributed by atoms with Crippen LogP contribution in [0.3, 0.4) is 0 Å². The van der Waals surface area contributed by atoms with Crippen molar-refractivity contribution in [3.8, 4) is 5.75 Å². The number of esters is 1. The van der Waals surface area contributed by atoms with Crippen LogP contribution in [0.5, 0.6) is 5.75 Å². The summed E-state index contributed by atoms with van der Waals surface area (Å²) in [6.07, 6.45) is 0. The highest BCUT2D eigenvalue weighted by molar-refractivity contribution is 9.08. The Labute approximate surface area is 116 Å². The lowest BCUT2D eigenvalue weighted by Gasteiger charge is -2.14. The molecular formula is C11H10BrClF2O3. The summed E-state index contributed by atoms with van der Waals surface area (Å²) in [6, 6.07) is 2.68. The first-order valence-corrected chi connectivity index (χ1v) is 6.49. The minimum atomic E-state index is -3.03. The Hall–Kier alpha value is -0.880. The molecule has 0 amide bonds. The molecule has 0 aliphatic rings. The lowest BCUT2D eigenvalue weighted by atomic mass is 10.1. The summed E-state index contributed by atoms with van der Waals surface area (Å²) in [5, 5.41) is 0.469. The molecule has 0 fully saturated rings. The van der Waals surface area contributed by atoms with Crippen molar-refractivity contribution in [1.29, 1.82) is 0 Å². The molecule has 1 rings (SSSR count). The lowest BCUT2D eigenvalue weighted by molar-refractivity contribution is -0.0509. The van der Waals surface area contributed by atoms with Crippen LogP contribution in [-0.2, 0) is 10.1 Å². The third-order valence-corrected chi connectivity index (χ3v) is 2.80. The van der Waals surface area contributed by atoms with Crippen LogP contribution in [-0.4, -0.2) is 19.2 Å². The zero-order chi connectivity index (χ0) is 13.7. The molecule has 1 aromatic carbocycles. The van der Waals surface area contributed by atoms with E-state index in [1.807, 2.05) is 0 Å². The molecule has 0 radical (unpaired) electrons. The fraction of sp³-hybridized carbons (Fsp3) is 0.364. The summed E-state index contributed by atoms with van der Waals surface area (Å²) >= 11 is 8.93. The van der Waals surface area contributed by atoms with Gasteiger partial charge in [-0.1, -0.05) is 27.5 Å². The Kier molecular flexibility index (Phi) is 5.81.